The molecule has 0 fully saturated rings. The van der Waals surface area contributed by atoms with Gasteiger partial charge in [0.25, 0.3) is 5.91 Å². The second kappa shape index (κ2) is 6.72. The first-order valence-corrected chi connectivity index (χ1v) is 5.70. The van der Waals surface area contributed by atoms with Gasteiger partial charge in [-0.3, -0.25) is 4.79 Å². The maximum Gasteiger partial charge on any atom is 0.260 e. The third-order valence-corrected chi connectivity index (χ3v) is 2.58. The molecule has 5 nitrogen and oxygen atoms in total. The Morgan fingerprint density at radius 2 is 2.22 bits per heavy atom. The van der Waals surface area contributed by atoms with Crippen LogP contribution in [0.15, 0.2) is 6.07 Å². The summed E-state index contributed by atoms with van der Waals surface area (Å²) in [5.41, 5.74) is 0. The summed E-state index contributed by atoms with van der Waals surface area (Å²) in [7, 11) is 1.50. The molecule has 0 aliphatic heterocycles. The van der Waals surface area contributed by atoms with Gasteiger partial charge in [-0.1, -0.05) is 23.2 Å². The van der Waals surface area contributed by atoms with Crippen molar-refractivity contribution in [2.45, 2.75) is 0 Å². The van der Waals surface area contributed by atoms with E-state index in [1.165, 1.54) is 11.9 Å². The number of likely N-dealkylation sites (N-methyl/N-ethyl adjacent to an activating group) is 1. The molecule has 0 aromatic carbocycles. The Morgan fingerprint density at radius 3 is 2.83 bits per heavy atom. The number of amides is 1. The van der Waals surface area contributed by atoms with Crippen molar-refractivity contribution in [3.8, 4) is 5.88 Å². The van der Waals surface area contributed by atoms with E-state index < -0.39 is 11.9 Å². The van der Waals surface area contributed by atoms with Crippen LogP contribution in [0.4, 0.5) is 4.39 Å². The third-order valence-electron chi connectivity index (χ3n) is 2.05. The summed E-state index contributed by atoms with van der Waals surface area (Å²) >= 11 is 11.2. The van der Waals surface area contributed by atoms with E-state index in [2.05, 4.69) is 4.98 Å². The fraction of sp³-hybridized carbons (Fsp3) is 0.400. The highest BCUT2D eigenvalue weighted by Crippen LogP contribution is 2.26. The zero-order valence-electron chi connectivity index (χ0n) is 9.49. The molecule has 8 heteroatoms. The lowest BCUT2D eigenvalue weighted by molar-refractivity contribution is -0.132. The van der Waals surface area contributed by atoms with Gasteiger partial charge >= 0.3 is 0 Å². The fourth-order valence-electron chi connectivity index (χ4n) is 1.04. The molecular weight excluding hydrogens is 286 g/mol. The average molecular weight is 297 g/mol. The van der Waals surface area contributed by atoms with E-state index in [4.69, 9.17) is 33.0 Å². The Hall–Kier alpha value is -1.11. The zero-order valence-corrected chi connectivity index (χ0v) is 11.0. The van der Waals surface area contributed by atoms with Gasteiger partial charge in [0, 0.05) is 13.6 Å². The van der Waals surface area contributed by atoms with Crippen molar-refractivity contribution in [3.63, 3.8) is 0 Å². The maximum atomic E-state index is 13.1. The number of ether oxygens (including phenoxy) is 1. The Kier molecular flexibility index (Phi) is 5.58. The van der Waals surface area contributed by atoms with Gasteiger partial charge in [0.05, 0.1) is 11.6 Å². The minimum absolute atomic E-state index is 0.0130. The standard InChI is InChI=1S/C10H11Cl2FN2O3/c1-15(2-3-16)8(17)5-18-10-7(12)4-6(11)9(13)14-10/h4,16H,2-3,5H2,1H3. The molecule has 1 N–H and O–H groups in total. The number of aliphatic hydroxyl groups excluding tert-OH is 1. The fourth-order valence-corrected chi connectivity index (χ4v) is 1.46. The lowest BCUT2D eigenvalue weighted by Gasteiger charge is -2.15. The van der Waals surface area contributed by atoms with Crippen LogP contribution in [0, 0.1) is 5.95 Å². The smallest absolute Gasteiger partial charge is 0.260 e. The van der Waals surface area contributed by atoms with E-state index in [0.717, 1.165) is 6.07 Å². The van der Waals surface area contributed by atoms with Gasteiger partial charge in [-0.05, 0) is 6.07 Å². The van der Waals surface area contributed by atoms with Crippen molar-refractivity contribution in [1.29, 1.82) is 0 Å². The van der Waals surface area contributed by atoms with Crippen molar-refractivity contribution >= 4 is 29.1 Å². The molecule has 0 radical (unpaired) electrons. The predicted octanol–water partition coefficient (Wildman–Crippen LogP) is 1.36. The summed E-state index contributed by atoms with van der Waals surface area (Å²) in [5.74, 6) is -1.52. The number of nitrogens with zero attached hydrogens (tertiary/aromatic N) is 2. The maximum absolute atomic E-state index is 13.1. The molecule has 1 rings (SSSR count). The van der Waals surface area contributed by atoms with Gasteiger partial charge in [-0.25, -0.2) is 0 Å². The van der Waals surface area contributed by atoms with Gasteiger partial charge in [0.15, 0.2) is 6.61 Å². The highest BCUT2D eigenvalue weighted by atomic mass is 35.5. The number of hydrogen-bond acceptors (Lipinski definition) is 4. The second-order valence-electron chi connectivity index (χ2n) is 3.38. The van der Waals surface area contributed by atoms with Gasteiger partial charge in [-0.15, -0.1) is 0 Å². The number of aromatic nitrogens is 1. The van der Waals surface area contributed by atoms with E-state index in [1.54, 1.807) is 0 Å². The molecule has 1 amide bonds. The second-order valence-corrected chi connectivity index (χ2v) is 4.19. The molecule has 1 aromatic heterocycles. The van der Waals surface area contributed by atoms with Crippen LogP contribution in [0.3, 0.4) is 0 Å². The van der Waals surface area contributed by atoms with E-state index >= 15 is 0 Å². The van der Waals surface area contributed by atoms with Crippen molar-refractivity contribution in [2.75, 3.05) is 26.8 Å². The van der Waals surface area contributed by atoms with Crippen LogP contribution < -0.4 is 4.74 Å². The molecule has 0 aliphatic rings. The summed E-state index contributed by atoms with van der Waals surface area (Å²) in [6.07, 6.45) is 0. The first-order chi connectivity index (χ1) is 8.45. The lowest BCUT2D eigenvalue weighted by atomic mass is 10.4. The minimum Gasteiger partial charge on any atom is -0.466 e. The highest BCUT2D eigenvalue weighted by molar-refractivity contribution is 6.35. The molecule has 0 unspecified atom stereocenters. The Bertz CT molecular complexity index is 445. The van der Waals surface area contributed by atoms with Crippen LogP contribution in [0.25, 0.3) is 0 Å². The summed E-state index contributed by atoms with van der Waals surface area (Å²) in [6, 6.07) is 1.14. The normalized spacial score (nSPS) is 10.3. The van der Waals surface area contributed by atoms with Gasteiger partial charge in [0.2, 0.25) is 11.8 Å². The molecule has 0 atom stereocenters. The molecule has 0 saturated heterocycles. The third kappa shape index (κ3) is 3.97. The number of carbonyl (C=O) groups is 1. The largest absolute Gasteiger partial charge is 0.466 e. The summed E-state index contributed by atoms with van der Waals surface area (Å²) in [4.78, 5) is 16.1. The number of carbonyl (C=O) groups excluding carboxylic acids is 1. The summed E-state index contributed by atoms with van der Waals surface area (Å²) < 4.78 is 18.0. The number of aliphatic hydroxyl groups is 1. The van der Waals surface area contributed by atoms with Crippen LogP contribution in [0.5, 0.6) is 5.88 Å². The molecule has 100 valence electrons. The monoisotopic (exact) mass is 296 g/mol. The Morgan fingerprint density at radius 1 is 1.56 bits per heavy atom. The van der Waals surface area contributed by atoms with E-state index in [-0.39, 0.29) is 35.7 Å². The van der Waals surface area contributed by atoms with Crippen LogP contribution in [-0.4, -0.2) is 47.7 Å². The number of rotatable bonds is 5. The van der Waals surface area contributed by atoms with Gasteiger partial charge < -0.3 is 14.7 Å². The molecule has 0 saturated carbocycles. The lowest BCUT2D eigenvalue weighted by Crippen LogP contribution is -2.33. The van der Waals surface area contributed by atoms with Crippen LogP contribution >= 0.6 is 23.2 Å². The van der Waals surface area contributed by atoms with Crippen LogP contribution in [0.2, 0.25) is 10.0 Å². The Labute approximate surface area is 113 Å². The molecule has 0 aliphatic carbocycles. The number of halogens is 3. The summed E-state index contributed by atoms with van der Waals surface area (Å²) in [6.45, 7) is -0.334. The zero-order chi connectivity index (χ0) is 13.7. The minimum atomic E-state index is -0.924. The van der Waals surface area contributed by atoms with E-state index in [1.807, 2.05) is 0 Å². The van der Waals surface area contributed by atoms with E-state index in [9.17, 15) is 9.18 Å². The van der Waals surface area contributed by atoms with Crippen molar-refractivity contribution in [2.24, 2.45) is 0 Å². The molecule has 0 spiro atoms. The number of hydrogen-bond donors (Lipinski definition) is 1. The molecule has 0 bridgehead atoms. The topological polar surface area (TPSA) is 62.7 Å². The van der Waals surface area contributed by atoms with Crippen molar-refractivity contribution < 1.29 is 19.0 Å². The SMILES string of the molecule is CN(CCO)C(=O)COc1nc(F)c(Cl)cc1Cl. The van der Waals surface area contributed by atoms with E-state index in [0.29, 0.717) is 0 Å². The molecule has 1 aromatic rings. The van der Waals surface area contributed by atoms with Crippen LogP contribution in [0.1, 0.15) is 0 Å². The average Bonchev–Trinajstić information content (AvgIpc) is 2.32. The van der Waals surface area contributed by atoms with Gasteiger partial charge in [0.1, 0.15) is 5.02 Å². The quantitative estimate of drug-likeness (QED) is 0.834. The molecule has 1 heterocycles. The number of pyridine rings is 1. The van der Waals surface area contributed by atoms with Gasteiger partial charge in [-0.2, -0.15) is 9.37 Å². The molecular formula is C10H11Cl2FN2O3. The summed E-state index contributed by atoms with van der Waals surface area (Å²) in [5, 5.41) is 8.44. The first-order valence-electron chi connectivity index (χ1n) is 4.95. The van der Waals surface area contributed by atoms with Crippen molar-refractivity contribution in [1.82, 2.24) is 9.88 Å². The highest BCUT2D eigenvalue weighted by Gasteiger charge is 2.13. The molecule has 18 heavy (non-hydrogen) atoms. The Balaban J connectivity index is 2.64. The van der Waals surface area contributed by atoms with Crippen LogP contribution in [-0.2, 0) is 4.79 Å². The van der Waals surface area contributed by atoms with Crippen molar-refractivity contribution in [3.05, 3.63) is 22.1 Å². The predicted molar refractivity (Wildman–Crippen MR) is 64.4 cm³/mol. The first kappa shape index (κ1) is 14.9.